The summed E-state index contributed by atoms with van der Waals surface area (Å²) in [6.07, 6.45) is 0.966. The van der Waals surface area contributed by atoms with Crippen LogP contribution in [0.1, 0.15) is 18.9 Å². The lowest BCUT2D eigenvalue weighted by molar-refractivity contribution is -0.384. The lowest BCUT2D eigenvalue weighted by atomic mass is 10.2. The number of carbonyl (C=O) groups is 1. The zero-order valence-electron chi connectivity index (χ0n) is 16.0. The van der Waals surface area contributed by atoms with Crippen LogP contribution in [0.25, 0.3) is 0 Å². The highest BCUT2D eigenvalue weighted by Gasteiger charge is 2.24. The number of thioether (sulfide) groups is 1. The molecule has 1 saturated heterocycles. The summed E-state index contributed by atoms with van der Waals surface area (Å²) >= 11 is 1.45. The zero-order chi connectivity index (χ0) is 19.9. The number of rotatable bonds is 6. The van der Waals surface area contributed by atoms with Gasteiger partial charge in [-0.15, -0.1) is 11.8 Å². The van der Waals surface area contributed by atoms with Gasteiger partial charge in [-0.2, -0.15) is 0 Å². The molecule has 0 spiro atoms. The number of amides is 1. The maximum Gasteiger partial charge on any atom is 0.269 e. The summed E-state index contributed by atoms with van der Waals surface area (Å²) in [5.41, 5.74) is 1.36. The molecule has 0 aliphatic carbocycles. The van der Waals surface area contributed by atoms with Crippen molar-refractivity contribution in [3.8, 4) is 0 Å². The Morgan fingerprint density at radius 1 is 1.07 bits per heavy atom. The molecule has 0 saturated carbocycles. The number of nitrogens with zero attached hydrogens (tertiary/aromatic N) is 3. The Kier molecular flexibility index (Phi) is 7.06. The molecule has 7 heteroatoms. The Morgan fingerprint density at radius 2 is 1.79 bits per heavy atom. The summed E-state index contributed by atoms with van der Waals surface area (Å²) in [5, 5.41) is 10.5. The fourth-order valence-corrected chi connectivity index (χ4v) is 4.30. The van der Waals surface area contributed by atoms with Crippen LogP contribution in [0.3, 0.4) is 0 Å². The normalized spacial score (nSPS) is 16.4. The number of hydrogen-bond donors (Lipinski definition) is 0. The van der Waals surface area contributed by atoms with E-state index in [9.17, 15) is 14.9 Å². The van der Waals surface area contributed by atoms with Gasteiger partial charge in [0.15, 0.2) is 0 Å². The lowest BCUT2D eigenvalue weighted by Gasteiger charge is -2.24. The first kappa shape index (κ1) is 20.4. The summed E-state index contributed by atoms with van der Waals surface area (Å²) in [7, 11) is 0. The third-order valence-corrected chi connectivity index (χ3v) is 5.96. The van der Waals surface area contributed by atoms with Crippen LogP contribution in [0, 0.1) is 10.1 Å². The molecule has 1 unspecified atom stereocenters. The molecule has 0 N–H and O–H groups in total. The third kappa shape index (κ3) is 5.56. The highest BCUT2D eigenvalue weighted by atomic mass is 32.2. The number of hydrogen-bond acceptors (Lipinski definition) is 5. The lowest BCUT2D eigenvalue weighted by Crippen LogP contribution is -2.39. The van der Waals surface area contributed by atoms with Gasteiger partial charge in [-0.25, -0.2) is 0 Å². The molecular weight excluding hydrogens is 374 g/mol. The molecule has 2 aromatic carbocycles. The van der Waals surface area contributed by atoms with Crippen molar-refractivity contribution in [1.29, 1.82) is 0 Å². The number of nitro groups is 1. The summed E-state index contributed by atoms with van der Waals surface area (Å²) in [6, 6.07) is 16.8. The second-order valence-electron chi connectivity index (χ2n) is 6.95. The van der Waals surface area contributed by atoms with Crippen molar-refractivity contribution in [2.45, 2.75) is 30.0 Å². The van der Waals surface area contributed by atoms with Crippen LogP contribution >= 0.6 is 11.8 Å². The Balaban J connectivity index is 1.52. The van der Waals surface area contributed by atoms with Crippen molar-refractivity contribution < 1.29 is 9.72 Å². The van der Waals surface area contributed by atoms with Gasteiger partial charge >= 0.3 is 0 Å². The predicted molar refractivity (Wildman–Crippen MR) is 111 cm³/mol. The third-order valence-electron chi connectivity index (χ3n) is 4.86. The van der Waals surface area contributed by atoms with Gasteiger partial charge in [-0.3, -0.25) is 19.8 Å². The van der Waals surface area contributed by atoms with E-state index in [1.165, 1.54) is 29.5 Å². The standard InChI is InChI=1S/C21H25N3O3S/c1-17(28-20-10-8-19(9-11-20)24(26)27)21(25)23-13-5-12-22(14-15-23)16-18-6-3-2-4-7-18/h2-4,6-11,17H,5,12-16H2,1H3. The molecular formula is C21H25N3O3S. The van der Waals surface area contributed by atoms with Gasteiger partial charge in [0.1, 0.15) is 0 Å². The maximum atomic E-state index is 12.9. The Hall–Kier alpha value is -2.38. The van der Waals surface area contributed by atoms with E-state index in [1.54, 1.807) is 12.1 Å². The van der Waals surface area contributed by atoms with E-state index < -0.39 is 4.92 Å². The molecule has 1 amide bonds. The zero-order valence-corrected chi connectivity index (χ0v) is 16.8. The highest BCUT2D eigenvalue weighted by Crippen LogP contribution is 2.26. The van der Waals surface area contributed by atoms with E-state index in [0.29, 0.717) is 0 Å². The van der Waals surface area contributed by atoms with Crippen LogP contribution in [-0.4, -0.2) is 52.1 Å². The van der Waals surface area contributed by atoms with E-state index in [0.717, 1.165) is 44.0 Å². The van der Waals surface area contributed by atoms with Crippen LogP contribution in [0.2, 0.25) is 0 Å². The van der Waals surface area contributed by atoms with Crippen molar-refractivity contribution in [3.63, 3.8) is 0 Å². The van der Waals surface area contributed by atoms with Gasteiger partial charge in [0.05, 0.1) is 10.2 Å². The van der Waals surface area contributed by atoms with E-state index in [4.69, 9.17) is 0 Å². The van der Waals surface area contributed by atoms with E-state index in [-0.39, 0.29) is 16.8 Å². The Morgan fingerprint density at radius 3 is 2.46 bits per heavy atom. The fraction of sp³-hybridized carbons (Fsp3) is 0.381. The molecule has 28 heavy (non-hydrogen) atoms. The van der Waals surface area contributed by atoms with Crippen LogP contribution in [0.4, 0.5) is 5.69 Å². The smallest absolute Gasteiger partial charge is 0.269 e. The van der Waals surface area contributed by atoms with Crippen molar-refractivity contribution in [2.75, 3.05) is 26.2 Å². The molecule has 2 aromatic rings. The second-order valence-corrected chi connectivity index (χ2v) is 8.37. The highest BCUT2D eigenvalue weighted by molar-refractivity contribution is 8.00. The monoisotopic (exact) mass is 399 g/mol. The molecule has 1 heterocycles. The molecule has 0 aromatic heterocycles. The summed E-state index contributed by atoms with van der Waals surface area (Å²) in [5.74, 6) is 0.130. The Bertz CT molecular complexity index is 798. The van der Waals surface area contributed by atoms with E-state index >= 15 is 0 Å². The number of non-ortho nitro benzene ring substituents is 1. The molecule has 0 bridgehead atoms. The average Bonchev–Trinajstić information content (AvgIpc) is 2.94. The molecule has 0 radical (unpaired) electrons. The van der Waals surface area contributed by atoms with E-state index in [2.05, 4.69) is 29.2 Å². The van der Waals surface area contributed by atoms with Gasteiger partial charge in [0.25, 0.3) is 5.69 Å². The van der Waals surface area contributed by atoms with Crippen LogP contribution in [0.5, 0.6) is 0 Å². The van der Waals surface area contributed by atoms with Crippen molar-refractivity contribution in [3.05, 3.63) is 70.3 Å². The molecule has 6 nitrogen and oxygen atoms in total. The maximum absolute atomic E-state index is 12.9. The summed E-state index contributed by atoms with van der Waals surface area (Å²) in [4.78, 5) is 28.4. The molecule has 1 aliphatic rings. The minimum Gasteiger partial charge on any atom is -0.340 e. The predicted octanol–water partition coefficient (Wildman–Crippen LogP) is 3.81. The first-order valence-electron chi connectivity index (χ1n) is 9.49. The summed E-state index contributed by atoms with van der Waals surface area (Å²) < 4.78 is 0. The first-order chi connectivity index (χ1) is 13.5. The Labute approximate surface area is 169 Å². The first-order valence-corrected chi connectivity index (χ1v) is 10.4. The van der Waals surface area contributed by atoms with Gasteiger partial charge in [0, 0.05) is 49.8 Å². The quantitative estimate of drug-likeness (QED) is 0.420. The largest absolute Gasteiger partial charge is 0.340 e. The number of carbonyl (C=O) groups excluding carboxylic acids is 1. The van der Waals surface area contributed by atoms with Gasteiger partial charge < -0.3 is 4.90 Å². The molecule has 148 valence electrons. The minimum absolute atomic E-state index is 0.0642. The van der Waals surface area contributed by atoms with E-state index in [1.807, 2.05) is 17.9 Å². The van der Waals surface area contributed by atoms with Crippen LogP contribution in [0.15, 0.2) is 59.5 Å². The van der Waals surface area contributed by atoms with Crippen LogP contribution < -0.4 is 0 Å². The molecule has 1 fully saturated rings. The molecule has 1 atom stereocenters. The average molecular weight is 400 g/mol. The summed E-state index contributed by atoms with van der Waals surface area (Å²) in [6.45, 7) is 6.18. The molecule has 1 aliphatic heterocycles. The molecule has 3 rings (SSSR count). The number of benzene rings is 2. The van der Waals surface area contributed by atoms with Gasteiger partial charge in [-0.05, 0) is 31.0 Å². The van der Waals surface area contributed by atoms with Gasteiger partial charge in [0.2, 0.25) is 5.91 Å². The minimum atomic E-state index is -0.415. The van der Waals surface area contributed by atoms with Crippen molar-refractivity contribution >= 4 is 23.4 Å². The second kappa shape index (κ2) is 9.71. The van der Waals surface area contributed by atoms with Crippen molar-refractivity contribution in [1.82, 2.24) is 9.80 Å². The van der Waals surface area contributed by atoms with Crippen LogP contribution in [-0.2, 0) is 11.3 Å². The number of nitro benzene ring substituents is 1. The SMILES string of the molecule is CC(Sc1ccc([N+](=O)[O-])cc1)C(=O)N1CCCN(Cc2ccccc2)CC1. The topological polar surface area (TPSA) is 66.7 Å². The fourth-order valence-electron chi connectivity index (χ4n) is 3.35. The van der Waals surface area contributed by atoms with Crippen molar-refractivity contribution in [2.24, 2.45) is 0 Å². The van der Waals surface area contributed by atoms with Gasteiger partial charge in [-0.1, -0.05) is 30.3 Å².